The summed E-state index contributed by atoms with van der Waals surface area (Å²) in [4.78, 5) is 6.91. The highest BCUT2D eigenvalue weighted by Gasteiger charge is 2.19. The van der Waals surface area contributed by atoms with Gasteiger partial charge in [-0.3, -0.25) is 0 Å². The summed E-state index contributed by atoms with van der Waals surface area (Å²) in [6.07, 6.45) is 1.09. The van der Waals surface area contributed by atoms with Gasteiger partial charge in [0.25, 0.3) is 0 Å². The Bertz CT molecular complexity index is 878. The van der Waals surface area contributed by atoms with Crippen molar-refractivity contribution in [2.24, 2.45) is 0 Å². The molecule has 116 valence electrons. The van der Waals surface area contributed by atoms with E-state index in [1.165, 1.54) is 11.3 Å². The molecule has 0 bridgehead atoms. The lowest BCUT2D eigenvalue weighted by atomic mass is 10.1. The molecule has 1 aromatic heterocycles. The van der Waals surface area contributed by atoms with Crippen LogP contribution in [0.1, 0.15) is 11.1 Å². The number of halogens is 1. The second-order valence-corrected chi connectivity index (χ2v) is 6.16. The molecule has 0 fully saturated rings. The number of benzene rings is 2. The third-order valence-corrected chi connectivity index (χ3v) is 4.72. The highest BCUT2D eigenvalue weighted by Crippen LogP contribution is 2.31. The van der Waals surface area contributed by atoms with E-state index in [9.17, 15) is 0 Å². The number of hydrogen-bond donors (Lipinski definition) is 0. The first-order chi connectivity index (χ1) is 11.2. The Morgan fingerprint density at radius 2 is 2.04 bits per heavy atom. The molecule has 1 aliphatic rings. The smallest absolute Gasteiger partial charge is 0.134 e. The molecule has 0 aliphatic carbocycles. The van der Waals surface area contributed by atoms with Crippen molar-refractivity contribution in [1.29, 1.82) is 0 Å². The van der Waals surface area contributed by atoms with Crippen LogP contribution >= 0.6 is 11.6 Å². The van der Waals surface area contributed by atoms with E-state index in [-0.39, 0.29) is 0 Å². The van der Waals surface area contributed by atoms with Gasteiger partial charge in [0.1, 0.15) is 10.9 Å². The van der Waals surface area contributed by atoms with Gasteiger partial charge in [0.05, 0.1) is 12.6 Å². The minimum absolute atomic E-state index is 0.565. The first-order valence-corrected chi connectivity index (χ1v) is 8.08. The number of anilines is 1. The fraction of sp³-hybridized carbons (Fsp3) is 0.211. The number of fused-ring (bicyclic) bond motifs is 2. The molecule has 0 radical (unpaired) electrons. The first-order valence-electron chi connectivity index (χ1n) is 7.70. The fourth-order valence-corrected chi connectivity index (χ4v) is 3.39. The minimum Gasteiger partial charge on any atom is -0.497 e. The molecule has 4 rings (SSSR count). The number of para-hydroxylation sites is 1. The van der Waals surface area contributed by atoms with Crippen LogP contribution in [0.4, 0.5) is 5.69 Å². The average molecular weight is 325 g/mol. The summed E-state index contributed by atoms with van der Waals surface area (Å²) in [6.45, 7) is 1.81. The monoisotopic (exact) mass is 324 g/mol. The second kappa shape index (κ2) is 5.74. The Kier molecular flexibility index (Phi) is 3.58. The zero-order valence-electron chi connectivity index (χ0n) is 12.9. The van der Waals surface area contributed by atoms with Crippen LogP contribution in [0.15, 0.2) is 48.5 Å². The normalized spacial score (nSPS) is 13.4. The van der Waals surface area contributed by atoms with Crippen molar-refractivity contribution < 1.29 is 4.74 Å². The van der Waals surface area contributed by atoms with Crippen LogP contribution < -0.4 is 9.64 Å². The molecule has 0 unspecified atom stereocenters. The van der Waals surface area contributed by atoms with Gasteiger partial charge in [-0.05, 0) is 36.2 Å². The van der Waals surface area contributed by atoms with Gasteiger partial charge in [-0.2, -0.15) is 0 Å². The molecule has 0 amide bonds. The molecule has 0 saturated heterocycles. The second-order valence-electron chi connectivity index (χ2n) is 5.80. The highest BCUT2D eigenvalue weighted by atomic mass is 35.5. The standard InChI is InChI=1S/C19H17ClN2O/c1-23-16-7-6-14-10-15(19(20)21-17(14)11-16)12-22-9-8-13-4-2-3-5-18(13)22/h2-7,10-11H,8-9,12H2,1H3. The largest absolute Gasteiger partial charge is 0.497 e. The topological polar surface area (TPSA) is 25.4 Å². The molecular weight excluding hydrogens is 308 g/mol. The van der Waals surface area contributed by atoms with Crippen LogP contribution in [0.5, 0.6) is 5.75 Å². The minimum atomic E-state index is 0.565. The van der Waals surface area contributed by atoms with Crippen LogP contribution in [-0.2, 0) is 13.0 Å². The number of nitrogens with zero attached hydrogens (tertiary/aromatic N) is 2. The van der Waals surface area contributed by atoms with E-state index in [0.717, 1.165) is 41.7 Å². The SMILES string of the molecule is COc1ccc2cc(CN3CCc4ccccc43)c(Cl)nc2c1. The maximum atomic E-state index is 6.43. The summed E-state index contributed by atoms with van der Waals surface area (Å²) in [6, 6.07) is 16.6. The molecule has 0 N–H and O–H groups in total. The average Bonchev–Trinajstić information content (AvgIpc) is 2.98. The van der Waals surface area contributed by atoms with E-state index in [1.54, 1.807) is 7.11 Å². The number of aromatic nitrogens is 1. The summed E-state index contributed by atoms with van der Waals surface area (Å²) < 4.78 is 5.25. The van der Waals surface area contributed by atoms with Crippen molar-refractivity contribution in [3.63, 3.8) is 0 Å². The lowest BCUT2D eigenvalue weighted by Crippen LogP contribution is -2.20. The predicted molar refractivity (Wildman–Crippen MR) is 94.5 cm³/mol. The number of hydrogen-bond acceptors (Lipinski definition) is 3. The van der Waals surface area contributed by atoms with E-state index in [2.05, 4.69) is 40.2 Å². The van der Waals surface area contributed by atoms with Crippen molar-refractivity contribution in [3.05, 3.63) is 64.8 Å². The molecule has 3 nitrogen and oxygen atoms in total. The fourth-order valence-electron chi connectivity index (χ4n) is 3.18. The zero-order chi connectivity index (χ0) is 15.8. The van der Waals surface area contributed by atoms with Crippen LogP contribution in [-0.4, -0.2) is 18.6 Å². The molecule has 0 atom stereocenters. The number of ether oxygens (including phenoxy) is 1. The molecule has 2 aromatic carbocycles. The summed E-state index contributed by atoms with van der Waals surface area (Å²) in [5.74, 6) is 0.794. The molecule has 0 spiro atoms. The van der Waals surface area contributed by atoms with Crippen LogP contribution in [0, 0.1) is 0 Å². The number of rotatable bonds is 3. The van der Waals surface area contributed by atoms with Crippen molar-refractivity contribution in [2.75, 3.05) is 18.6 Å². The van der Waals surface area contributed by atoms with Gasteiger partial charge in [-0.25, -0.2) is 4.98 Å². The van der Waals surface area contributed by atoms with Crippen molar-refractivity contribution >= 4 is 28.2 Å². The zero-order valence-corrected chi connectivity index (χ0v) is 13.7. The molecule has 0 saturated carbocycles. The van der Waals surface area contributed by atoms with Crippen LogP contribution in [0.2, 0.25) is 5.15 Å². The Labute approximate surface area is 140 Å². The van der Waals surface area contributed by atoms with Crippen molar-refractivity contribution in [3.8, 4) is 5.75 Å². The molecule has 23 heavy (non-hydrogen) atoms. The van der Waals surface area contributed by atoms with Gasteiger partial charge in [-0.15, -0.1) is 0 Å². The summed E-state index contributed by atoms with van der Waals surface area (Å²) in [5.41, 5.74) is 4.63. The van der Waals surface area contributed by atoms with E-state index >= 15 is 0 Å². The van der Waals surface area contributed by atoms with E-state index in [1.807, 2.05) is 18.2 Å². The molecular formula is C19H17ClN2O. The third kappa shape index (κ3) is 2.62. The lowest BCUT2D eigenvalue weighted by Gasteiger charge is -2.20. The predicted octanol–water partition coefficient (Wildman–Crippen LogP) is 4.46. The summed E-state index contributed by atoms with van der Waals surface area (Å²) >= 11 is 6.43. The van der Waals surface area contributed by atoms with Gasteiger partial charge in [0.15, 0.2) is 0 Å². The van der Waals surface area contributed by atoms with E-state index in [0.29, 0.717) is 5.15 Å². The van der Waals surface area contributed by atoms with Gasteiger partial charge in [0.2, 0.25) is 0 Å². The van der Waals surface area contributed by atoms with Crippen molar-refractivity contribution in [2.45, 2.75) is 13.0 Å². The Morgan fingerprint density at radius 3 is 2.91 bits per heavy atom. The maximum Gasteiger partial charge on any atom is 0.134 e. The number of methoxy groups -OCH3 is 1. The van der Waals surface area contributed by atoms with Crippen LogP contribution in [0.3, 0.4) is 0 Å². The van der Waals surface area contributed by atoms with Gasteiger partial charge in [-0.1, -0.05) is 29.8 Å². The summed E-state index contributed by atoms with van der Waals surface area (Å²) in [7, 11) is 1.65. The first kappa shape index (κ1) is 14.3. The number of pyridine rings is 1. The molecule has 3 aromatic rings. The van der Waals surface area contributed by atoms with E-state index < -0.39 is 0 Å². The molecule has 4 heteroatoms. The Balaban J connectivity index is 1.68. The van der Waals surface area contributed by atoms with Crippen molar-refractivity contribution in [1.82, 2.24) is 4.98 Å². The van der Waals surface area contributed by atoms with Crippen LogP contribution in [0.25, 0.3) is 10.9 Å². The quantitative estimate of drug-likeness (QED) is 0.665. The molecule has 2 heterocycles. The third-order valence-electron chi connectivity index (χ3n) is 4.40. The lowest BCUT2D eigenvalue weighted by molar-refractivity contribution is 0.415. The summed E-state index contributed by atoms with van der Waals surface area (Å²) in [5, 5.41) is 1.65. The van der Waals surface area contributed by atoms with Gasteiger partial charge < -0.3 is 9.64 Å². The maximum absolute atomic E-state index is 6.43. The van der Waals surface area contributed by atoms with Gasteiger partial charge in [0, 0.05) is 35.8 Å². The van der Waals surface area contributed by atoms with Gasteiger partial charge >= 0.3 is 0 Å². The highest BCUT2D eigenvalue weighted by molar-refractivity contribution is 6.30. The Morgan fingerprint density at radius 1 is 1.17 bits per heavy atom. The Hall–Kier alpha value is -2.26. The van der Waals surface area contributed by atoms with E-state index in [4.69, 9.17) is 16.3 Å². The molecule has 1 aliphatic heterocycles.